The summed E-state index contributed by atoms with van der Waals surface area (Å²) in [4.78, 5) is 22.4. The monoisotopic (exact) mass is 252 g/mol. The minimum absolute atomic E-state index is 0.0511. The summed E-state index contributed by atoms with van der Waals surface area (Å²) in [7, 11) is 0. The molecule has 5 N–H and O–H groups in total. The molecule has 0 aromatic heterocycles. The Morgan fingerprint density at radius 2 is 2.11 bits per heavy atom. The summed E-state index contributed by atoms with van der Waals surface area (Å²) in [6, 6.07) is 4.39. The highest BCUT2D eigenvalue weighted by atomic mass is 16.4. The molecule has 0 saturated heterocycles. The summed E-state index contributed by atoms with van der Waals surface area (Å²) in [5, 5.41) is 20.6. The Morgan fingerprint density at radius 3 is 2.61 bits per heavy atom. The summed E-state index contributed by atoms with van der Waals surface area (Å²) in [6.45, 7) is 1.47. The van der Waals surface area contributed by atoms with Crippen molar-refractivity contribution in [1.82, 2.24) is 5.32 Å². The van der Waals surface area contributed by atoms with E-state index in [4.69, 9.17) is 10.8 Å². The van der Waals surface area contributed by atoms with Gasteiger partial charge < -0.3 is 21.3 Å². The van der Waals surface area contributed by atoms with E-state index >= 15 is 0 Å². The number of carbonyl (C=O) groups is 2. The Bertz CT molecular complexity index is 445. The summed E-state index contributed by atoms with van der Waals surface area (Å²) in [5.74, 6) is -1.62. The first kappa shape index (κ1) is 14.0. The molecule has 98 valence electrons. The Hall–Kier alpha value is -2.08. The molecule has 1 aromatic rings. The third-order valence-corrected chi connectivity index (χ3v) is 2.38. The van der Waals surface area contributed by atoms with Crippen molar-refractivity contribution in [1.29, 1.82) is 0 Å². The first-order valence-electron chi connectivity index (χ1n) is 5.47. The second-order valence-electron chi connectivity index (χ2n) is 4.06. The second kappa shape index (κ2) is 6.02. The van der Waals surface area contributed by atoms with Crippen LogP contribution in [0.4, 0.5) is 0 Å². The molecule has 0 fully saturated rings. The van der Waals surface area contributed by atoms with E-state index in [1.165, 1.54) is 19.1 Å². The molecule has 0 heterocycles. The highest BCUT2D eigenvalue weighted by Crippen LogP contribution is 2.12. The van der Waals surface area contributed by atoms with Gasteiger partial charge in [-0.1, -0.05) is 12.1 Å². The van der Waals surface area contributed by atoms with Gasteiger partial charge in [0, 0.05) is 6.42 Å². The highest BCUT2D eigenvalue weighted by Gasteiger charge is 2.21. The van der Waals surface area contributed by atoms with E-state index in [9.17, 15) is 14.7 Å². The summed E-state index contributed by atoms with van der Waals surface area (Å²) < 4.78 is 0. The van der Waals surface area contributed by atoms with E-state index in [1.54, 1.807) is 12.1 Å². The van der Waals surface area contributed by atoms with Crippen LogP contribution in [-0.4, -0.2) is 34.2 Å². The maximum Gasteiger partial charge on any atom is 0.326 e. The molecular formula is C12H16N2O4. The van der Waals surface area contributed by atoms with Crippen LogP contribution in [0.3, 0.4) is 0 Å². The van der Waals surface area contributed by atoms with Crippen LogP contribution in [0.1, 0.15) is 12.5 Å². The van der Waals surface area contributed by atoms with E-state index in [2.05, 4.69) is 5.32 Å². The third-order valence-electron chi connectivity index (χ3n) is 2.38. The lowest BCUT2D eigenvalue weighted by Crippen LogP contribution is -2.48. The summed E-state index contributed by atoms with van der Waals surface area (Å²) in [6.07, 6.45) is 0.0855. The van der Waals surface area contributed by atoms with Crippen molar-refractivity contribution >= 4 is 11.9 Å². The topological polar surface area (TPSA) is 113 Å². The molecule has 1 rings (SSSR count). The number of nitrogens with two attached hydrogens (primary N) is 1. The number of rotatable bonds is 5. The number of carboxylic acids is 1. The van der Waals surface area contributed by atoms with Crippen molar-refractivity contribution in [3.05, 3.63) is 29.8 Å². The average molecular weight is 252 g/mol. The lowest BCUT2D eigenvalue weighted by atomic mass is 10.1. The van der Waals surface area contributed by atoms with Crippen LogP contribution in [0, 0.1) is 0 Å². The van der Waals surface area contributed by atoms with Crippen LogP contribution in [0.25, 0.3) is 0 Å². The number of amides is 1. The number of phenols is 1. The molecule has 6 heteroatoms. The first-order valence-corrected chi connectivity index (χ1v) is 5.47. The number of aliphatic carboxylic acids is 1. The van der Waals surface area contributed by atoms with Gasteiger partial charge >= 0.3 is 5.97 Å². The quantitative estimate of drug-likeness (QED) is 0.582. The second-order valence-corrected chi connectivity index (χ2v) is 4.06. The Labute approximate surface area is 104 Å². The molecule has 1 aromatic carbocycles. The highest BCUT2D eigenvalue weighted by molar-refractivity contribution is 5.86. The predicted molar refractivity (Wildman–Crippen MR) is 65.0 cm³/mol. The standard InChI is InChI=1S/C12H16N2O4/c1-7(13)11(16)14-10(12(17)18)6-8-3-2-4-9(15)5-8/h2-5,7,10,15H,6,13H2,1H3,(H,14,16)(H,17,18)/t7-,10-/m0/s1. The lowest BCUT2D eigenvalue weighted by molar-refractivity contribution is -0.141. The van der Waals surface area contributed by atoms with Crippen LogP contribution >= 0.6 is 0 Å². The smallest absolute Gasteiger partial charge is 0.326 e. The number of carboxylic acid groups (broad SMARTS) is 1. The zero-order valence-electron chi connectivity index (χ0n) is 9.96. The van der Waals surface area contributed by atoms with Gasteiger partial charge in [-0.3, -0.25) is 4.79 Å². The molecule has 0 bridgehead atoms. The number of hydrogen-bond donors (Lipinski definition) is 4. The number of aromatic hydroxyl groups is 1. The van der Waals surface area contributed by atoms with E-state index in [0.717, 1.165) is 0 Å². The van der Waals surface area contributed by atoms with Gasteiger partial charge in [-0.05, 0) is 24.6 Å². The molecule has 0 unspecified atom stereocenters. The molecule has 18 heavy (non-hydrogen) atoms. The van der Waals surface area contributed by atoms with E-state index in [0.29, 0.717) is 5.56 Å². The minimum atomic E-state index is -1.15. The Kier molecular flexibility index (Phi) is 4.67. The SMILES string of the molecule is C[C@H](N)C(=O)N[C@@H](Cc1cccc(O)c1)C(=O)O. The number of carbonyl (C=O) groups excluding carboxylic acids is 1. The van der Waals surface area contributed by atoms with E-state index < -0.39 is 24.0 Å². The largest absolute Gasteiger partial charge is 0.508 e. The molecule has 1 amide bonds. The fourth-order valence-corrected chi connectivity index (χ4v) is 1.42. The molecule has 0 aliphatic rings. The summed E-state index contributed by atoms with van der Waals surface area (Å²) in [5.41, 5.74) is 5.97. The van der Waals surface area contributed by atoms with Crippen LogP contribution in [0.15, 0.2) is 24.3 Å². The van der Waals surface area contributed by atoms with Crippen molar-refractivity contribution in [3.8, 4) is 5.75 Å². The fourth-order valence-electron chi connectivity index (χ4n) is 1.42. The molecule has 2 atom stereocenters. The maximum absolute atomic E-state index is 11.4. The summed E-state index contributed by atoms with van der Waals surface area (Å²) >= 11 is 0. The number of benzene rings is 1. The lowest BCUT2D eigenvalue weighted by Gasteiger charge is -2.16. The fraction of sp³-hybridized carbons (Fsp3) is 0.333. The maximum atomic E-state index is 11.4. The van der Waals surface area contributed by atoms with Gasteiger partial charge in [0.1, 0.15) is 11.8 Å². The van der Waals surface area contributed by atoms with Crippen LogP contribution in [-0.2, 0) is 16.0 Å². The van der Waals surface area contributed by atoms with Gasteiger partial charge in [0.25, 0.3) is 0 Å². The van der Waals surface area contributed by atoms with Gasteiger partial charge in [-0.15, -0.1) is 0 Å². The van der Waals surface area contributed by atoms with Gasteiger partial charge in [0.2, 0.25) is 5.91 Å². The van der Waals surface area contributed by atoms with Crippen molar-refractivity contribution in [3.63, 3.8) is 0 Å². The Morgan fingerprint density at radius 1 is 1.44 bits per heavy atom. The normalized spacial score (nSPS) is 13.7. The third kappa shape index (κ3) is 4.06. The van der Waals surface area contributed by atoms with Gasteiger partial charge in [-0.25, -0.2) is 4.79 Å². The molecule has 0 aliphatic heterocycles. The molecule has 6 nitrogen and oxygen atoms in total. The Balaban J connectivity index is 2.75. The van der Waals surface area contributed by atoms with Gasteiger partial charge in [0.05, 0.1) is 6.04 Å². The van der Waals surface area contributed by atoms with Crippen LogP contribution < -0.4 is 11.1 Å². The zero-order valence-corrected chi connectivity index (χ0v) is 9.96. The number of phenolic OH excluding ortho intramolecular Hbond substituents is 1. The van der Waals surface area contributed by atoms with Crippen LogP contribution in [0.5, 0.6) is 5.75 Å². The molecular weight excluding hydrogens is 236 g/mol. The van der Waals surface area contributed by atoms with Crippen LogP contribution in [0.2, 0.25) is 0 Å². The van der Waals surface area contributed by atoms with E-state index in [1.807, 2.05) is 0 Å². The van der Waals surface area contributed by atoms with E-state index in [-0.39, 0.29) is 12.2 Å². The zero-order chi connectivity index (χ0) is 13.7. The molecule has 0 aliphatic carbocycles. The molecule has 0 saturated carbocycles. The van der Waals surface area contributed by atoms with Gasteiger partial charge in [0.15, 0.2) is 0 Å². The molecule has 0 spiro atoms. The van der Waals surface area contributed by atoms with Crippen molar-refractivity contribution in [2.45, 2.75) is 25.4 Å². The average Bonchev–Trinajstić information content (AvgIpc) is 2.27. The molecule has 0 radical (unpaired) electrons. The van der Waals surface area contributed by atoms with Crippen molar-refractivity contribution in [2.24, 2.45) is 5.73 Å². The first-order chi connectivity index (χ1) is 8.40. The van der Waals surface area contributed by atoms with Crippen molar-refractivity contribution in [2.75, 3.05) is 0 Å². The van der Waals surface area contributed by atoms with Crippen molar-refractivity contribution < 1.29 is 19.8 Å². The van der Waals surface area contributed by atoms with Gasteiger partial charge in [-0.2, -0.15) is 0 Å². The number of hydrogen-bond acceptors (Lipinski definition) is 4. The number of nitrogens with one attached hydrogen (secondary N) is 1. The minimum Gasteiger partial charge on any atom is -0.508 e. The predicted octanol–water partition coefficient (Wildman–Crippen LogP) is -0.149.